The first-order chi connectivity index (χ1) is 13.9. The summed E-state index contributed by atoms with van der Waals surface area (Å²) in [4.78, 5) is 10.1. The molecular weight excluding hydrogens is 417 g/mol. The van der Waals surface area contributed by atoms with Gasteiger partial charge in [-0.25, -0.2) is 4.98 Å². The van der Waals surface area contributed by atoms with Crippen LogP contribution in [0.25, 0.3) is 0 Å². The number of pyridine rings is 1. The summed E-state index contributed by atoms with van der Waals surface area (Å²) in [5.74, 6) is 0.426. The van der Waals surface area contributed by atoms with E-state index in [9.17, 15) is 13.2 Å². The molecule has 1 saturated heterocycles. The quantitative estimate of drug-likeness (QED) is 0.632. The Balaban J connectivity index is 0.00000256. The summed E-state index contributed by atoms with van der Waals surface area (Å²) in [7, 11) is 0. The number of halogens is 4. The molecule has 8 heteroatoms. The van der Waals surface area contributed by atoms with Gasteiger partial charge in [-0.05, 0) is 31.4 Å². The molecule has 1 aromatic heterocycles. The van der Waals surface area contributed by atoms with Gasteiger partial charge in [0.15, 0.2) is 0 Å². The Labute approximate surface area is 180 Å². The van der Waals surface area contributed by atoms with Gasteiger partial charge >= 0.3 is 6.18 Å². The van der Waals surface area contributed by atoms with Gasteiger partial charge in [-0.3, -0.25) is 4.84 Å². The molecule has 2 aliphatic rings. The highest BCUT2D eigenvalue weighted by Gasteiger charge is 2.50. The minimum absolute atomic E-state index is 0. The Kier molecular flexibility index (Phi) is 6.95. The van der Waals surface area contributed by atoms with Crippen LogP contribution >= 0.6 is 12.4 Å². The average molecular weight is 443 g/mol. The highest BCUT2D eigenvalue weighted by atomic mass is 35.5. The van der Waals surface area contributed by atoms with E-state index in [2.05, 4.69) is 22.6 Å². The van der Waals surface area contributed by atoms with E-state index >= 15 is 0 Å². The number of benzene rings is 1. The molecule has 1 spiro atoms. The summed E-state index contributed by atoms with van der Waals surface area (Å²) >= 11 is 0. The Bertz CT molecular complexity index is 850. The Morgan fingerprint density at radius 3 is 2.70 bits per heavy atom. The van der Waals surface area contributed by atoms with Gasteiger partial charge in [-0.2, -0.15) is 18.7 Å². The van der Waals surface area contributed by atoms with Crippen LogP contribution in [0.5, 0.6) is 5.88 Å². The molecule has 4 nitrogen and oxygen atoms in total. The first kappa shape index (κ1) is 22.8. The molecule has 30 heavy (non-hydrogen) atoms. The Morgan fingerprint density at radius 2 is 2.00 bits per heavy atom. The van der Waals surface area contributed by atoms with Crippen LogP contribution in [-0.2, 0) is 11.0 Å². The molecule has 1 saturated carbocycles. The third-order valence-corrected chi connectivity index (χ3v) is 6.00. The molecule has 3 atom stereocenters. The summed E-state index contributed by atoms with van der Waals surface area (Å²) in [5.41, 5.74) is 3.41. The fraction of sp³-hybridized carbons (Fsp3) is 0.500. The summed E-state index contributed by atoms with van der Waals surface area (Å²) < 4.78 is 45.3. The highest BCUT2D eigenvalue weighted by molar-refractivity contribution is 5.85. The van der Waals surface area contributed by atoms with Gasteiger partial charge in [0.1, 0.15) is 0 Å². The van der Waals surface area contributed by atoms with Crippen molar-refractivity contribution in [1.82, 2.24) is 10.5 Å². The molecule has 2 heterocycles. The van der Waals surface area contributed by atoms with E-state index in [1.807, 2.05) is 18.2 Å². The van der Waals surface area contributed by atoms with E-state index in [0.29, 0.717) is 18.6 Å². The molecule has 2 fully saturated rings. The highest BCUT2D eigenvalue weighted by Crippen LogP contribution is 2.51. The van der Waals surface area contributed by atoms with Crippen molar-refractivity contribution in [3.05, 3.63) is 59.3 Å². The molecule has 164 valence electrons. The lowest BCUT2D eigenvalue weighted by Crippen LogP contribution is -2.39. The predicted molar refractivity (Wildman–Crippen MR) is 110 cm³/mol. The molecule has 4 rings (SSSR count). The molecule has 2 aromatic rings. The second-order valence-electron chi connectivity index (χ2n) is 7.80. The lowest BCUT2D eigenvalue weighted by molar-refractivity contribution is -0.138. The van der Waals surface area contributed by atoms with Crippen LogP contribution in [-0.4, -0.2) is 17.2 Å². The van der Waals surface area contributed by atoms with Crippen molar-refractivity contribution in [3.63, 3.8) is 0 Å². The second kappa shape index (κ2) is 9.12. The van der Waals surface area contributed by atoms with Crippen molar-refractivity contribution in [2.24, 2.45) is 0 Å². The largest absolute Gasteiger partial charge is 0.478 e. The molecule has 1 N–H and O–H groups in total. The molecule has 0 unspecified atom stereocenters. The van der Waals surface area contributed by atoms with Crippen LogP contribution in [0.3, 0.4) is 0 Å². The van der Waals surface area contributed by atoms with Crippen molar-refractivity contribution in [2.75, 3.05) is 6.61 Å². The van der Waals surface area contributed by atoms with Crippen LogP contribution in [0.1, 0.15) is 67.7 Å². The minimum Gasteiger partial charge on any atom is -0.478 e. The Morgan fingerprint density at radius 1 is 1.23 bits per heavy atom. The molecule has 1 aromatic carbocycles. The molecule has 1 aliphatic heterocycles. The van der Waals surface area contributed by atoms with Crippen molar-refractivity contribution in [1.29, 1.82) is 0 Å². The van der Waals surface area contributed by atoms with Crippen LogP contribution < -0.4 is 10.2 Å². The average Bonchev–Trinajstić information content (AvgIpc) is 3.13. The van der Waals surface area contributed by atoms with Crippen LogP contribution in [0.15, 0.2) is 42.6 Å². The first-order valence-electron chi connectivity index (χ1n) is 10.1. The standard InChI is InChI=1S/C22H25F3N2O2.ClH/c1-2-28-20-17(12-16(14-26-20)22(23,24)25)19-13-21(29-27-19)11-7-6-10-18(21)15-8-4-3-5-9-15;/h3-5,8-9,12,14,18-19,27H,2,6-7,10-11,13H2,1H3;1H/t18-,19+,21+;/m0./s1. The van der Waals surface area contributed by atoms with Gasteiger partial charge in [-0.1, -0.05) is 43.2 Å². The number of alkyl halides is 3. The zero-order valence-electron chi connectivity index (χ0n) is 16.7. The van der Waals surface area contributed by atoms with E-state index in [1.54, 1.807) is 6.92 Å². The molecule has 0 amide bonds. The van der Waals surface area contributed by atoms with Crippen LogP contribution in [0.2, 0.25) is 0 Å². The fourth-order valence-corrected chi connectivity index (χ4v) is 4.65. The first-order valence-corrected chi connectivity index (χ1v) is 10.1. The normalized spacial score (nSPS) is 26.4. The lowest BCUT2D eigenvalue weighted by atomic mass is 9.69. The third kappa shape index (κ3) is 4.43. The van der Waals surface area contributed by atoms with Gasteiger partial charge in [0.25, 0.3) is 0 Å². The SMILES string of the molecule is CCOc1ncc(C(F)(F)F)cc1[C@H]1C[C@@]2(CCCC[C@H]2c2ccccc2)ON1.Cl. The number of nitrogens with one attached hydrogen (secondary N) is 1. The summed E-state index contributed by atoms with van der Waals surface area (Å²) in [6.45, 7) is 2.12. The number of hydrogen-bond acceptors (Lipinski definition) is 4. The lowest BCUT2D eigenvalue weighted by Gasteiger charge is -2.40. The minimum atomic E-state index is -4.46. The van der Waals surface area contributed by atoms with Crippen molar-refractivity contribution in [3.8, 4) is 5.88 Å². The summed E-state index contributed by atoms with van der Waals surface area (Å²) in [6, 6.07) is 11.0. The van der Waals surface area contributed by atoms with Gasteiger partial charge < -0.3 is 4.74 Å². The Hall–Kier alpha value is -1.83. The second-order valence-corrected chi connectivity index (χ2v) is 7.80. The number of aromatic nitrogens is 1. The van der Waals surface area contributed by atoms with E-state index in [4.69, 9.17) is 9.57 Å². The van der Waals surface area contributed by atoms with E-state index in [-0.39, 0.29) is 24.2 Å². The maximum atomic E-state index is 13.3. The summed E-state index contributed by atoms with van der Waals surface area (Å²) in [5, 5.41) is 0. The van der Waals surface area contributed by atoms with Gasteiger partial charge in [-0.15, -0.1) is 12.4 Å². The maximum Gasteiger partial charge on any atom is 0.417 e. The van der Waals surface area contributed by atoms with Gasteiger partial charge in [0, 0.05) is 24.1 Å². The zero-order valence-corrected chi connectivity index (χ0v) is 17.6. The third-order valence-electron chi connectivity index (χ3n) is 6.00. The predicted octanol–water partition coefficient (Wildman–Crippen LogP) is 5.98. The van der Waals surface area contributed by atoms with Gasteiger partial charge in [0.2, 0.25) is 5.88 Å². The monoisotopic (exact) mass is 442 g/mol. The summed E-state index contributed by atoms with van der Waals surface area (Å²) in [6.07, 6.45) is 0.968. The smallest absolute Gasteiger partial charge is 0.417 e. The van der Waals surface area contributed by atoms with Crippen molar-refractivity contribution < 1.29 is 22.7 Å². The van der Waals surface area contributed by atoms with Crippen LogP contribution in [0, 0.1) is 0 Å². The van der Waals surface area contributed by atoms with E-state index in [1.165, 1.54) is 5.56 Å². The number of hydroxylamine groups is 1. The van der Waals surface area contributed by atoms with Crippen molar-refractivity contribution in [2.45, 2.75) is 62.8 Å². The van der Waals surface area contributed by atoms with Crippen LogP contribution in [0.4, 0.5) is 13.2 Å². The van der Waals surface area contributed by atoms with Crippen molar-refractivity contribution >= 4 is 12.4 Å². The molecule has 1 aliphatic carbocycles. The zero-order chi connectivity index (χ0) is 20.5. The molecule has 0 radical (unpaired) electrons. The maximum absolute atomic E-state index is 13.3. The molecular formula is C22H26ClF3N2O2. The number of hydrogen-bond donors (Lipinski definition) is 1. The number of nitrogens with zero attached hydrogens (tertiary/aromatic N) is 1. The fourth-order valence-electron chi connectivity index (χ4n) is 4.65. The number of ether oxygens (including phenoxy) is 1. The number of rotatable bonds is 4. The molecule has 0 bridgehead atoms. The van der Waals surface area contributed by atoms with E-state index < -0.39 is 23.4 Å². The van der Waals surface area contributed by atoms with E-state index in [0.717, 1.165) is 37.9 Å². The topological polar surface area (TPSA) is 43.4 Å². The van der Waals surface area contributed by atoms with Gasteiger partial charge in [0.05, 0.1) is 23.8 Å².